The maximum absolute atomic E-state index is 13.9. The van der Waals surface area contributed by atoms with Crippen molar-refractivity contribution in [1.82, 2.24) is 30.2 Å². The number of nitrogens with two attached hydrogens (primary N) is 1. The number of ether oxygens (including phenoxy) is 1. The molecule has 59 heavy (non-hydrogen) atoms. The Balaban J connectivity index is 1.51. The molecular weight excluding hydrogens is 874 g/mol. The summed E-state index contributed by atoms with van der Waals surface area (Å²) in [7, 11) is -16.5. The van der Waals surface area contributed by atoms with Gasteiger partial charge in [-0.15, -0.1) is 0 Å². The van der Waals surface area contributed by atoms with Crippen molar-refractivity contribution in [1.29, 1.82) is 0 Å². The summed E-state index contributed by atoms with van der Waals surface area (Å²) >= 11 is 0.816. The number of nitrogens with zero attached hydrogens (tertiary/aromatic N) is 4. The second-order valence-corrected chi connectivity index (χ2v) is 18.9. The number of carbonyl (C=O) groups excluding carboxylic acids is 3. The third-order valence-electron chi connectivity index (χ3n) is 8.43. The SMILES string of the molecule is C=CC(F)=C(CCC)C(=O)SCCNC(=O)CCNC(=O)C(O)C(C)(C)COP(=O)(O)OP(=O)(O)OCC1OC(C)(n2cnc3c(N)ncnc32)C(O)C1OP(=O)(O)O. The fraction of sp³-hybridized carbons (Fsp3) is 0.600. The van der Waals surface area contributed by atoms with Crippen LogP contribution in [0.25, 0.3) is 11.2 Å². The molecule has 24 nitrogen and oxygen atoms in total. The van der Waals surface area contributed by atoms with Gasteiger partial charge in [-0.05, 0) is 19.4 Å². The number of anilines is 1. The Labute approximate surface area is 340 Å². The van der Waals surface area contributed by atoms with Gasteiger partial charge in [-0.1, -0.05) is 45.5 Å². The van der Waals surface area contributed by atoms with Gasteiger partial charge in [0.2, 0.25) is 16.9 Å². The van der Waals surface area contributed by atoms with Gasteiger partial charge in [0, 0.05) is 36.3 Å². The van der Waals surface area contributed by atoms with Gasteiger partial charge in [-0.2, -0.15) is 4.31 Å². The van der Waals surface area contributed by atoms with Crippen molar-refractivity contribution in [3.05, 3.63) is 36.7 Å². The van der Waals surface area contributed by atoms with Gasteiger partial charge in [-0.25, -0.2) is 33.0 Å². The Hall–Kier alpha value is -3.03. The molecule has 7 atom stereocenters. The first-order valence-corrected chi connectivity index (χ1v) is 22.9. The standard InChI is InChI=1S/C30H47FN7O17P3S/c1-6-8-17(18(31)7-2)28(43)59-12-11-33-20(39)9-10-34-27(42)24(41)29(3,4)14-52-58(49,50)55-57(47,48)51-13-19-22(54-56(44,45)46)23(40)30(5,53-19)38-16-37-21-25(32)35-15-36-26(21)38/h7,15-16,19,22-24,40-41H,2,6,8-14H2,1,3-5H3,(H,33,39)(H,34,42)(H,47,48)(H,49,50)(H2,32,35,36)(H2,44,45,46). The van der Waals surface area contributed by atoms with Crippen LogP contribution in [0.5, 0.6) is 0 Å². The number of aromatic nitrogens is 4. The van der Waals surface area contributed by atoms with Crippen LogP contribution >= 0.6 is 35.2 Å². The number of allylic oxidation sites excluding steroid dienone is 2. The van der Waals surface area contributed by atoms with Crippen molar-refractivity contribution in [3.8, 4) is 0 Å². The highest BCUT2D eigenvalue weighted by Crippen LogP contribution is 2.61. The largest absolute Gasteiger partial charge is 0.481 e. The molecular formula is C30H47FN7O17P3S. The molecule has 1 fully saturated rings. The number of phosphoric acid groups is 3. The van der Waals surface area contributed by atoms with Crippen LogP contribution in [-0.2, 0) is 56.4 Å². The Morgan fingerprint density at radius 2 is 1.78 bits per heavy atom. The van der Waals surface area contributed by atoms with E-state index in [0.717, 1.165) is 35.1 Å². The molecule has 0 bridgehead atoms. The van der Waals surface area contributed by atoms with E-state index >= 15 is 0 Å². The van der Waals surface area contributed by atoms with Crippen molar-refractivity contribution in [3.63, 3.8) is 0 Å². The number of nitrogen functional groups attached to an aromatic ring is 1. The predicted molar refractivity (Wildman–Crippen MR) is 205 cm³/mol. The van der Waals surface area contributed by atoms with E-state index in [1.165, 1.54) is 20.8 Å². The summed E-state index contributed by atoms with van der Waals surface area (Å²) in [6.45, 7) is 6.51. The summed E-state index contributed by atoms with van der Waals surface area (Å²) in [6.07, 6.45) is -3.94. The van der Waals surface area contributed by atoms with E-state index in [-0.39, 0.29) is 54.2 Å². The van der Waals surface area contributed by atoms with Crippen LogP contribution in [-0.4, -0.2) is 123 Å². The average Bonchev–Trinajstić information content (AvgIpc) is 3.69. The summed E-state index contributed by atoms with van der Waals surface area (Å²) in [4.78, 5) is 88.4. The van der Waals surface area contributed by atoms with Crippen LogP contribution in [0, 0.1) is 5.41 Å². The average molecular weight is 922 g/mol. The lowest BCUT2D eigenvalue weighted by molar-refractivity contribution is -0.137. The first-order valence-electron chi connectivity index (χ1n) is 17.4. The molecule has 1 aliphatic heterocycles. The molecule has 2 aromatic heterocycles. The number of thioether (sulfide) groups is 1. The lowest BCUT2D eigenvalue weighted by Gasteiger charge is -2.30. The number of carbonyl (C=O) groups is 3. The van der Waals surface area contributed by atoms with Crippen molar-refractivity contribution >= 4 is 69.1 Å². The summed E-state index contributed by atoms with van der Waals surface area (Å²) in [5.74, 6) is -2.16. The van der Waals surface area contributed by atoms with Crippen LogP contribution in [0.3, 0.4) is 0 Å². The molecule has 10 N–H and O–H groups in total. The highest BCUT2D eigenvalue weighted by atomic mass is 32.2. The number of rotatable bonds is 23. The van der Waals surface area contributed by atoms with Crippen molar-refractivity contribution < 1.29 is 84.9 Å². The second-order valence-electron chi connectivity index (χ2n) is 13.5. The minimum Gasteiger partial charge on any atom is -0.385 e. The van der Waals surface area contributed by atoms with E-state index in [2.05, 4.69) is 36.5 Å². The number of hydrogen-bond donors (Lipinski definition) is 9. The number of phosphoric ester groups is 3. The van der Waals surface area contributed by atoms with E-state index in [1.54, 1.807) is 6.92 Å². The zero-order valence-electron chi connectivity index (χ0n) is 32.1. The van der Waals surface area contributed by atoms with Gasteiger partial charge in [0.05, 0.1) is 19.5 Å². The molecule has 0 aliphatic carbocycles. The Morgan fingerprint density at radius 1 is 1.12 bits per heavy atom. The maximum atomic E-state index is 13.9. The van der Waals surface area contributed by atoms with E-state index < -0.39 is 95.0 Å². The minimum atomic E-state index is -5.61. The van der Waals surface area contributed by atoms with Gasteiger partial charge in [0.15, 0.2) is 17.2 Å². The van der Waals surface area contributed by atoms with Crippen molar-refractivity contribution in [2.24, 2.45) is 5.41 Å². The lowest BCUT2D eigenvalue weighted by Crippen LogP contribution is -2.46. The molecule has 2 amide bonds. The van der Waals surface area contributed by atoms with Crippen LogP contribution in [0.4, 0.5) is 10.2 Å². The molecule has 1 aliphatic rings. The summed E-state index contributed by atoms with van der Waals surface area (Å²) in [5, 5.41) is 26.1. The fourth-order valence-electron chi connectivity index (χ4n) is 5.37. The zero-order valence-corrected chi connectivity index (χ0v) is 35.6. The number of halogens is 1. The molecule has 3 heterocycles. The first-order chi connectivity index (χ1) is 27.3. The number of fused-ring (bicyclic) bond motifs is 1. The van der Waals surface area contributed by atoms with E-state index in [9.17, 15) is 62.3 Å². The highest BCUT2D eigenvalue weighted by molar-refractivity contribution is 8.14. The van der Waals surface area contributed by atoms with Crippen LogP contribution in [0.1, 0.15) is 47.0 Å². The van der Waals surface area contributed by atoms with Gasteiger partial charge in [-0.3, -0.25) is 32.5 Å². The van der Waals surface area contributed by atoms with Gasteiger partial charge in [0.25, 0.3) is 0 Å². The number of nitrogens with one attached hydrogen (secondary N) is 2. The smallest absolute Gasteiger partial charge is 0.385 e. The lowest BCUT2D eigenvalue weighted by atomic mass is 9.87. The topological polar surface area (TPSA) is 364 Å². The minimum absolute atomic E-state index is 0.000367. The van der Waals surface area contributed by atoms with E-state index in [4.69, 9.17) is 24.0 Å². The monoisotopic (exact) mass is 921 g/mol. The molecule has 2 aromatic rings. The van der Waals surface area contributed by atoms with E-state index in [0.29, 0.717) is 6.42 Å². The number of aliphatic hydroxyl groups is 2. The predicted octanol–water partition coefficient (Wildman–Crippen LogP) is 1.05. The van der Waals surface area contributed by atoms with Crippen LogP contribution in [0.15, 0.2) is 36.7 Å². The number of imidazole rings is 1. The van der Waals surface area contributed by atoms with Crippen LogP contribution in [0.2, 0.25) is 0 Å². The molecule has 29 heteroatoms. The molecule has 0 radical (unpaired) electrons. The molecule has 0 aromatic carbocycles. The maximum Gasteiger partial charge on any atom is 0.481 e. The molecule has 0 saturated carbocycles. The Bertz CT molecular complexity index is 2040. The molecule has 0 spiro atoms. The molecule has 1 saturated heterocycles. The van der Waals surface area contributed by atoms with E-state index in [1.807, 2.05) is 0 Å². The quantitative estimate of drug-likeness (QED) is 0.0325. The summed E-state index contributed by atoms with van der Waals surface area (Å²) < 4.78 is 76.5. The van der Waals surface area contributed by atoms with Crippen molar-refractivity contribution in [2.75, 3.05) is 37.8 Å². The number of amides is 2. The fourth-order valence-corrected chi connectivity index (χ4v) is 8.95. The third-order valence-corrected chi connectivity index (χ3v) is 12.5. The zero-order chi connectivity index (χ0) is 44.6. The third kappa shape index (κ3) is 14.0. The number of hydrogen-bond acceptors (Lipinski definition) is 18. The Morgan fingerprint density at radius 3 is 2.41 bits per heavy atom. The number of aliphatic hydroxyl groups excluding tert-OH is 2. The van der Waals surface area contributed by atoms with Gasteiger partial charge < -0.3 is 50.9 Å². The molecule has 332 valence electrons. The van der Waals surface area contributed by atoms with Crippen LogP contribution < -0.4 is 16.4 Å². The summed E-state index contributed by atoms with van der Waals surface area (Å²) in [6, 6.07) is 0. The highest BCUT2D eigenvalue weighted by Gasteiger charge is 2.57. The second kappa shape index (κ2) is 20.7. The molecule has 7 unspecified atom stereocenters. The summed E-state index contributed by atoms with van der Waals surface area (Å²) in [5.41, 5.74) is 2.24. The molecule has 3 rings (SSSR count). The van der Waals surface area contributed by atoms with Crippen molar-refractivity contribution in [2.45, 2.75) is 77.1 Å². The normalized spacial score (nSPS) is 22.9. The Kier molecular flexibility index (Phi) is 17.6. The van der Waals surface area contributed by atoms with Gasteiger partial charge >= 0.3 is 23.5 Å². The first kappa shape index (κ1) is 50.3. The van der Waals surface area contributed by atoms with Gasteiger partial charge in [0.1, 0.15) is 42.1 Å².